The van der Waals surface area contributed by atoms with Gasteiger partial charge >= 0.3 is 0 Å². The molecule has 5 heteroatoms. The molecule has 4 rings (SSSR count). The Labute approximate surface area is 166 Å². The molecule has 24 heavy (non-hydrogen) atoms. The lowest BCUT2D eigenvalue weighted by Crippen LogP contribution is -1.86. The number of benzene rings is 2. The molecule has 3 aromatic rings. The fraction of sp³-hybridized carbons (Fsp3) is 0. The molecule has 120 valence electrons. The molecule has 0 radical (unpaired) electrons. The molecule has 0 unspecified atom stereocenters. The third-order valence-corrected chi connectivity index (χ3v) is 5.42. The Morgan fingerprint density at radius 2 is 1.75 bits per heavy atom. The van der Waals surface area contributed by atoms with Crippen LogP contribution in [0.4, 0.5) is 5.69 Å². The van der Waals surface area contributed by atoms with Crippen LogP contribution in [0, 0.1) is 0 Å². The number of allylic oxidation sites excluding steroid dienone is 4. The monoisotopic (exact) mass is 462 g/mol. The molecule has 1 aliphatic rings. The van der Waals surface area contributed by atoms with Gasteiger partial charge in [0.25, 0.3) is 0 Å². The van der Waals surface area contributed by atoms with Crippen molar-refractivity contribution in [1.29, 1.82) is 0 Å². The number of hydrogen-bond donors (Lipinski definition) is 1. The zero-order valence-electron chi connectivity index (χ0n) is 12.7. The minimum Gasteiger partial charge on any atom is -0.349 e. The second-order valence-corrected chi connectivity index (χ2v) is 7.16. The van der Waals surface area contributed by atoms with Crippen LogP contribution in [-0.4, -0.2) is 4.98 Å². The molecule has 0 fully saturated rings. The second-order valence-electron chi connectivity index (χ2n) is 5.02. The van der Waals surface area contributed by atoms with Gasteiger partial charge in [0, 0.05) is 4.90 Å². The molecule has 1 aromatic heterocycles. The Morgan fingerprint density at radius 1 is 0.917 bits per heavy atom. The molecule has 1 N–H and O–H groups in total. The van der Waals surface area contributed by atoms with Gasteiger partial charge in [-0.05, 0) is 36.4 Å². The number of para-hydroxylation sites is 2. The van der Waals surface area contributed by atoms with Crippen molar-refractivity contribution in [2.24, 2.45) is 0 Å². The second kappa shape index (κ2) is 8.00. The molecule has 0 saturated heterocycles. The number of nitrogens with one attached hydrogen (secondary N) is 1. The molecule has 0 amide bonds. The highest BCUT2D eigenvalue weighted by molar-refractivity contribution is 14.0. The molecule has 2 nitrogen and oxygen atoms in total. The van der Waals surface area contributed by atoms with Gasteiger partial charge in [-0.1, -0.05) is 54.3 Å². The van der Waals surface area contributed by atoms with E-state index in [2.05, 4.69) is 40.6 Å². The van der Waals surface area contributed by atoms with Crippen molar-refractivity contribution in [2.45, 2.75) is 4.90 Å². The van der Waals surface area contributed by atoms with Crippen LogP contribution in [0.5, 0.6) is 0 Å². The number of rotatable bonds is 3. The van der Waals surface area contributed by atoms with Crippen molar-refractivity contribution in [3.05, 3.63) is 82.9 Å². The highest BCUT2D eigenvalue weighted by Crippen LogP contribution is 2.40. The summed E-state index contributed by atoms with van der Waals surface area (Å²) in [6.45, 7) is 0. The van der Waals surface area contributed by atoms with Crippen molar-refractivity contribution in [1.82, 2.24) is 4.98 Å². The van der Waals surface area contributed by atoms with Crippen LogP contribution >= 0.6 is 47.1 Å². The summed E-state index contributed by atoms with van der Waals surface area (Å²) in [7, 11) is 0. The maximum atomic E-state index is 4.58. The van der Waals surface area contributed by atoms with Gasteiger partial charge in [-0.3, -0.25) is 0 Å². The number of anilines is 1. The topological polar surface area (TPSA) is 24.9 Å². The van der Waals surface area contributed by atoms with E-state index in [0.717, 1.165) is 15.6 Å². The van der Waals surface area contributed by atoms with Crippen molar-refractivity contribution < 1.29 is 0 Å². The summed E-state index contributed by atoms with van der Waals surface area (Å²) >= 11 is 3.47. The van der Waals surface area contributed by atoms with Crippen LogP contribution in [0.25, 0.3) is 16.3 Å². The first kappa shape index (κ1) is 17.3. The van der Waals surface area contributed by atoms with Gasteiger partial charge in [0.05, 0.1) is 20.9 Å². The number of nitrogens with zero attached hydrogens (tertiary/aromatic N) is 1. The maximum absolute atomic E-state index is 4.58. The Bertz CT molecular complexity index is 881. The summed E-state index contributed by atoms with van der Waals surface area (Å²) in [6.07, 6.45) is 10.2. The molecule has 0 atom stereocenters. The zero-order chi connectivity index (χ0) is 15.5. The predicted octanol–water partition coefficient (Wildman–Crippen LogP) is 6.54. The number of halogens is 1. The summed E-state index contributed by atoms with van der Waals surface area (Å²) in [5.41, 5.74) is 2.25. The number of fused-ring (bicyclic) bond motifs is 2. The first-order chi connectivity index (χ1) is 11.4. The standard InChI is InChI=1S/C19H14N2S2.HI/c1(2-12-18-20-14-8-4-6-10-16(14)22-18)3-13-19-21-15-9-5-7-11-17(15)23-19;/h1-13,20H;1H. The molecule has 0 bridgehead atoms. The number of thiazole rings is 1. The fourth-order valence-corrected chi connectivity index (χ4v) is 4.12. The number of thioether (sulfide) groups is 1. The molecule has 0 saturated carbocycles. The van der Waals surface area contributed by atoms with E-state index in [0.29, 0.717) is 0 Å². The molecule has 2 aromatic carbocycles. The zero-order valence-corrected chi connectivity index (χ0v) is 16.6. The summed E-state index contributed by atoms with van der Waals surface area (Å²) in [5.74, 6) is 0. The lowest BCUT2D eigenvalue weighted by atomic mass is 10.3. The van der Waals surface area contributed by atoms with E-state index in [1.807, 2.05) is 48.6 Å². The van der Waals surface area contributed by atoms with Gasteiger partial charge in [-0.15, -0.1) is 35.3 Å². The largest absolute Gasteiger partial charge is 0.349 e. The van der Waals surface area contributed by atoms with Crippen LogP contribution in [-0.2, 0) is 0 Å². The third-order valence-electron chi connectivity index (χ3n) is 3.38. The molecular weight excluding hydrogens is 447 g/mol. The van der Waals surface area contributed by atoms with Crippen LogP contribution < -0.4 is 5.32 Å². The van der Waals surface area contributed by atoms with E-state index in [-0.39, 0.29) is 24.0 Å². The van der Waals surface area contributed by atoms with Gasteiger partial charge in [-0.25, -0.2) is 4.98 Å². The number of hydrogen-bond acceptors (Lipinski definition) is 4. The predicted molar refractivity (Wildman–Crippen MR) is 117 cm³/mol. The van der Waals surface area contributed by atoms with E-state index in [4.69, 9.17) is 0 Å². The van der Waals surface area contributed by atoms with Gasteiger partial charge in [-0.2, -0.15) is 0 Å². The van der Waals surface area contributed by atoms with Gasteiger partial charge in [0.2, 0.25) is 0 Å². The first-order valence-corrected chi connectivity index (χ1v) is 8.96. The van der Waals surface area contributed by atoms with Crippen molar-refractivity contribution in [2.75, 3.05) is 5.32 Å². The van der Waals surface area contributed by atoms with Gasteiger partial charge in [0.15, 0.2) is 0 Å². The van der Waals surface area contributed by atoms with E-state index < -0.39 is 0 Å². The molecule has 2 heterocycles. The quantitative estimate of drug-likeness (QED) is 0.353. The average molecular weight is 462 g/mol. The van der Waals surface area contributed by atoms with Gasteiger partial charge < -0.3 is 5.32 Å². The fourth-order valence-electron chi connectivity index (χ4n) is 2.32. The lowest BCUT2D eigenvalue weighted by molar-refractivity contribution is 1.46. The smallest absolute Gasteiger partial charge is 0.117 e. The van der Waals surface area contributed by atoms with Crippen LogP contribution in [0.15, 0.2) is 82.8 Å². The third kappa shape index (κ3) is 3.91. The summed E-state index contributed by atoms with van der Waals surface area (Å²) in [6, 6.07) is 16.6. The van der Waals surface area contributed by atoms with Crippen LogP contribution in [0.1, 0.15) is 5.01 Å². The van der Waals surface area contributed by atoms with E-state index in [1.54, 1.807) is 23.1 Å². The molecular formula is C19H15IN2S2. The lowest BCUT2D eigenvalue weighted by Gasteiger charge is -1.95. The summed E-state index contributed by atoms with van der Waals surface area (Å²) in [4.78, 5) is 5.86. The van der Waals surface area contributed by atoms with Gasteiger partial charge in [0.1, 0.15) is 5.01 Å². The van der Waals surface area contributed by atoms with Crippen LogP contribution in [0.2, 0.25) is 0 Å². The van der Waals surface area contributed by atoms with Crippen molar-refractivity contribution in [3.63, 3.8) is 0 Å². The van der Waals surface area contributed by atoms with E-state index >= 15 is 0 Å². The molecule has 0 spiro atoms. The first-order valence-electron chi connectivity index (χ1n) is 7.33. The Kier molecular flexibility index (Phi) is 5.76. The Balaban J connectivity index is 0.00000169. The SMILES string of the molecule is C(=CC=C1Nc2ccccc2S1)C=Cc1nc2ccccc2s1.I. The highest BCUT2D eigenvalue weighted by atomic mass is 127. The Hall–Kier alpha value is -1.57. The minimum atomic E-state index is 0. The Morgan fingerprint density at radius 3 is 2.62 bits per heavy atom. The molecule has 0 aliphatic carbocycles. The van der Waals surface area contributed by atoms with Crippen LogP contribution in [0.3, 0.4) is 0 Å². The van der Waals surface area contributed by atoms with E-state index in [9.17, 15) is 0 Å². The highest BCUT2D eigenvalue weighted by Gasteiger charge is 2.13. The maximum Gasteiger partial charge on any atom is 0.117 e. The summed E-state index contributed by atoms with van der Waals surface area (Å²) < 4.78 is 1.22. The molecule has 1 aliphatic heterocycles. The normalized spacial score (nSPS) is 15.1. The average Bonchev–Trinajstić information content (AvgIpc) is 3.17. The van der Waals surface area contributed by atoms with Crippen molar-refractivity contribution >= 4 is 69.1 Å². The van der Waals surface area contributed by atoms with Crippen molar-refractivity contribution in [3.8, 4) is 0 Å². The minimum absolute atomic E-state index is 0. The van der Waals surface area contributed by atoms with E-state index in [1.165, 1.54) is 15.3 Å². The summed E-state index contributed by atoms with van der Waals surface area (Å²) in [5, 5.41) is 5.58. The number of aromatic nitrogens is 1.